The largest absolute Gasteiger partial charge is 0.340 e. The van der Waals surface area contributed by atoms with E-state index in [0.29, 0.717) is 5.91 Å². The summed E-state index contributed by atoms with van der Waals surface area (Å²) in [5.74, 6) is 0.540. The van der Waals surface area contributed by atoms with Crippen molar-refractivity contribution in [1.29, 1.82) is 0 Å². The molecule has 18 heavy (non-hydrogen) atoms. The van der Waals surface area contributed by atoms with Gasteiger partial charge in [-0.15, -0.1) is 0 Å². The minimum absolute atomic E-state index is 0.196. The molecule has 1 saturated carbocycles. The van der Waals surface area contributed by atoms with Crippen molar-refractivity contribution in [3.05, 3.63) is 0 Å². The maximum Gasteiger partial charge on any atom is 0.225 e. The van der Waals surface area contributed by atoms with E-state index in [4.69, 9.17) is 5.73 Å². The third-order valence-electron chi connectivity index (χ3n) is 4.36. The zero-order valence-electron chi connectivity index (χ0n) is 12.0. The van der Waals surface area contributed by atoms with Gasteiger partial charge in [0.15, 0.2) is 0 Å². The summed E-state index contributed by atoms with van der Waals surface area (Å²) in [5.41, 5.74) is 6.11. The van der Waals surface area contributed by atoms with Gasteiger partial charge in [-0.1, -0.05) is 0 Å². The predicted molar refractivity (Wildman–Crippen MR) is 73.2 cm³/mol. The molecule has 1 aliphatic carbocycles. The highest BCUT2D eigenvalue weighted by Gasteiger charge is 2.33. The lowest BCUT2D eigenvalue weighted by molar-refractivity contribution is -0.137. The summed E-state index contributed by atoms with van der Waals surface area (Å²) >= 11 is 0. The van der Waals surface area contributed by atoms with Crippen LogP contribution in [0.15, 0.2) is 0 Å². The minimum Gasteiger partial charge on any atom is -0.340 e. The molecule has 0 radical (unpaired) electrons. The standard InChI is InChI=1S/C14H27N3O/c1-14(2,3)17-8-6-16(7-9-17)13(18)11-4-5-12(15)10-11/h11-12H,4-10,15H2,1-3H3/t11-,12+/m1/s1. The molecule has 104 valence electrons. The molecule has 1 saturated heterocycles. The Labute approximate surface area is 110 Å². The molecule has 1 heterocycles. The number of hydrogen-bond donors (Lipinski definition) is 1. The van der Waals surface area contributed by atoms with Crippen LogP contribution >= 0.6 is 0 Å². The van der Waals surface area contributed by atoms with Gasteiger partial charge in [0.05, 0.1) is 0 Å². The molecule has 2 aliphatic rings. The van der Waals surface area contributed by atoms with Crippen LogP contribution < -0.4 is 5.73 Å². The first-order valence-electron chi connectivity index (χ1n) is 7.17. The van der Waals surface area contributed by atoms with Crippen LogP contribution in [0.4, 0.5) is 0 Å². The smallest absolute Gasteiger partial charge is 0.225 e. The lowest BCUT2D eigenvalue weighted by Crippen LogP contribution is -2.55. The van der Waals surface area contributed by atoms with E-state index in [1.807, 2.05) is 4.90 Å². The van der Waals surface area contributed by atoms with Crippen molar-refractivity contribution >= 4 is 5.91 Å². The summed E-state index contributed by atoms with van der Waals surface area (Å²) in [5, 5.41) is 0. The van der Waals surface area contributed by atoms with E-state index < -0.39 is 0 Å². The zero-order valence-corrected chi connectivity index (χ0v) is 12.0. The fraction of sp³-hybridized carbons (Fsp3) is 0.929. The quantitative estimate of drug-likeness (QED) is 0.760. The average molecular weight is 253 g/mol. The van der Waals surface area contributed by atoms with Gasteiger partial charge in [0.25, 0.3) is 0 Å². The van der Waals surface area contributed by atoms with Gasteiger partial charge in [0.1, 0.15) is 0 Å². The highest BCUT2D eigenvalue weighted by atomic mass is 16.2. The van der Waals surface area contributed by atoms with E-state index in [0.717, 1.165) is 45.4 Å². The van der Waals surface area contributed by atoms with Crippen molar-refractivity contribution in [2.45, 2.75) is 51.6 Å². The van der Waals surface area contributed by atoms with Gasteiger partial charge in [-0.25, -0.2) is 0 Å². The minimum atomic E-state index is 0.196. The number of nitrogens with two attached hydrogens (primary N) is 1. The third-order valence-corrected chi connectivity index (χ3v) is 4.36. The molecular formula is C14H27N3O. The Morgan fingerprint density at radius 1 is 1.11 bits per heavy atom. The maximum absolute atomic E-state index is 12.4. The van der Waals surface area contributed by atoms with Crippen LogP contribution in [0.3, 0.4) is 0 Å². The fourth-order valence-electron chi connectivity index (χ4n) is 3.10. The lowest BCUT2D eigenvalue weighted by atomic mass is 10.0. The van der Waals surface area contributed by atoms with Crippen LogP contribution in [0.25, 0.3) is 0 Å². The molecule has 2 fully saturated rings. The van der Waals surface area contributed by atoms with Crippen molar-refractivity contribution in [1.82, 2.24) is 9.80 Å². The van der Waals surface area contributed by atoms with E-state index in [9.17, 15) is 4.79 Å². The first-order valence-corrected chi connectivity index (χ1v) is 7.17. The average Bonchev–Trinajstić information content (AvgIpc) is 2.74. The highest BCUT2D eigenvalue weighted by molar-refractivity contribution is 5.79. The van der Waals surface area contributed by atoms with Gasteiger partial charge in [-0.05, 0) is 40.0 Å². The maximum atomic E-state index is 12.4. The number of carbonyl (C=O) groups is 1. The summed E-state index contributed by atoms with van der Waals surface area (Å²) in [6, 6.07) is 0.245. The number of hydrogen-bond acceptors (Lipinski definition) is 3. The first-order chi connectivity index (χ1) is 8.38. The van der Waals surface area contributed by atoms with Crippen LogP contribution in [0, 0.1) is 5.92 Å². The predicted octanol–water partition coefficient (Wildman–Crippen LogP) is 1.06. The molecule has 0 aromatic heterocycles. The van der Waals surface area contributed by atoms with Gasteiger partial charge >= 0.3 is 0 Å². The first kappa shape index (κ1) is 13.8. The molecule has 0 spiro atoms. The zero-order chi connectivity index (χ0) is 13.3. The van der Waals surface area contributed by atoms with Gasteiger partial charge in [0, 0.05) is 43.7 Å². The van der Waals surface area contributed by atoms with Crippen molar-refractivity contribution in [2.24, 2.45) is 11.7 Å². The Bertz CT molecular complexity index is 303. The Hall–Kier alpha value is -0.610. The summed E-state index contributed by atoms with van der Waals surface area (Å²) in [7, 11) is 0. The van der Waals surface area contributed by atoms with E-state index in [1.54, 1.807) is 0 Å². The number of rotatable bonds is 1. The molecule has 2 atom stereocenters. The second-order valence-corrected chi connectivity index (χ2v) is 6.75. The third kappa shape index (κ3) is 3.04. The van der Waals surface area contributed by atoms with E-state index in [-0.39, 0.29) is 17.5 Å². The molecule has 0 aromatic rings. The summed E-state index contributed by atoms with van der Waals surface area (Å²) in [6.07, 6.45) is 2.89. The van der Waals surface area contributed by atoms with E-state index >= 15 is 0 Å². The SMILES string of the molecule is CC(C)(C)N1CCN(C(=O)[C@@H]2CC[C@H](N)C2)CC1. The number of carbonyl (C=O) groups excluding carboxylic acids is 1. The van der Waals surface area contributed by atoms with Crippen LogP contribution in [-0.2, 0) is 4.79 Å². The Balaban J connectivity index is 1.84. The van der Waals surface area contributed by atoms with Gasteiger partial charge in [0.2, 0.25) is 5.91 Å². The van der Waals surface area contributed by atoms with E-state index in [1.165, 1.54) is 0 Å². The summed E-state index contributed by atoms with van der Waals surface area (Å²) in [4.78, 5) is 16.9. The molecule has 4 nitrogen and oxygen atoms in total. The van der Waals surface area contributed by atoms with Crippen molar-refractivity contribution < 1.29 is 4.79 Å². The Morgan fingerprint density at radius 2 is 1.72 bits per heavy atom. The molecule has 0 bridgehead atoms. The van der Waals surface area contributed by atoms with Crippen LogP contribution in [0.2, 0.25) is 0 Å². The molecule has 4 heteroatoms. The Kier molecular flexibility index (Phi) is 3.97. The monoisotopic (exact) mass is 253 g/mol. The molecule has 0 unspecified atom stereocenters. The molecule has 0 aromatic carbocycles. The topological polar surface area (TPSA) is 49.6 Å². The van der Waals surface area contributed by atoms with Crippen molar-refractivity contribution in [2.75, 3.05) is 26.2 Å². The van der Waals surface area contributed by atoms with E-state index in [2.05, 4.69) is 25.7 Å². The number of nitrogens with zero attached hydrogens (tertiary/aromatic N) is 2. The van der Waals surface area contributed by atoms with Crippen molar-refractivity contribution in [3.8, 4) is 0 Å². The van der Waals surface area contributed by atoms with Gasteiger partial charge in [-0.2, -0.15) is 0 Å². The molecular weight excluding hydrogens is 226 g/mol. The van der Waals surface area contributed by atoms with Gasteiger partial charge < -0.3 is 10.6 Å². The molecule has 1 amide bonds. The van der Waals surface area contributed by atoms with Crippen LogP contribution in [0.5, 0.6) is 0 Å². The molecule has 2 rings (SSSR count). The van der Waals surface area contributed by atoms with Crippen molar-refractivity contribution in [3.63, 3.8) is 0 Å². The number of piperazine rings is 1. The second-order valence-electron chi connectivity index (χ2n) is 6.75. The lowest BCUT2D eigenvalue weighted by Gasteiger charge is -2.42. The number of amides is 1. The van der Waals surface area contributed by atoms with Gasteiger partial charge in [-0.3, -0.25) is 9.69 Å². The summed E-state index contributed by atoms with van der Waals surface area (Å²) in [6.45, 7) is 10.5. The highest BCUT2D eigenvalue weighted by Crippen LogP contribution is 2.27. The fourth-order valence-corrected chi connectivity index (χ4v) is 3.10. The second kappa shape index (κ2) is 5.17. The summed E-state index contributed by atoms with van der Waals surface area (Å²) < 4.78 is 0. The Morgan fingerprint density at radius 3 is 2.17 bits per heavy atom. The molecule has 1 aliphatic heterocycles. The van der Waals surface area contributed by atoms with Crippen LogP contribution in [0.1, 0.15) is 40.0 Å². The molecule has 2 N–H and O–H groups in total. The van der Waals surface area contributed by atoms with Crippen LogP contribution in [-0.4, -0.2) is 53.5 Å². The normalized spacial score (nSPS) is 30.8.